The lowest BCUT2D eigenvalue weighted by Crippen LogP contribution is -2.23. The maximum absolute atomic E-state index is 12.5. The number of amides is 2. The molecule has 27 heavy (non-hydrogen) atoms. The van der Waals surface area contributed by atoms with Crippen molar-refractivity contribution in [2.75, 3.05) is 5.32 Å². The van der Waals surface area contributed by atoms with Gasteiger partial charge in [0.15, 0.2) is 0 Å². The van der Waals surface area contributed by atoms with Crippen molar-refractivity contribution in [3.8, 4) is 0 Å². The summed E-state index contributed by atoms with van der Waals surface area (Å²) in [5.74, 6) is -0.594. The zero-order chi connectivity index (χ0) is 19.2. The molecule has 0 saturated heterocycles. The van der Waals surface area contributed by atoms with E-state index in [0.29, 0.717) is 12.1 Å². The molecule has 0 unspecified atom stereocenters. The van der Waals surface area contributed by atoms with E-state index >= 15 is 0 Å². The van der Waals surface area contributed by atoms with Gasteiger partial charge in [-0.3, -0.25) is 14.6 Å². The Morgan fingerprint density at radius 3 is 2.48 bits per heavy atom. The van der Waals surface area contributed by atoms with Crippen LogP contribution in [-0.2, 0) is 6.54 Å². The summed E-state index contributed by atoms with van der Waals surface area (Å²) in [4.78, 5) is 29.0. The summed E-state index contributed by atoms with van der Waals surface area (Å²) in [6.45, 7) is 4.36. The van der Waals surface area contributed by atoms with Crippen molar-refractivity contribution < 1.29 is 9.59 Å². The number of aromatic nitrogens is 1. The first kappa shape index (κ1) is 18.3. The van der Waals surface area contributed by atoms with Crippen LogP contribution in [0.4, 0.5) is 5.69 Å². The second kappa shape index (κ2) is 8.27. The molecule has 0 radical (unpaired) electrons. The minimum Gasteiger partial charge on any atom is -0.348 e. The fourth-order valence-electron chi connectivity index (χ4n) is 2.65. The zero-order valence-electron chi connectivity index (χ0n) is 15.3. The Hall–Kier alpha value is -3.47. The molecule has 0 bridgehead atoms. The van der Waals surface area contributed by atoms with Gasteiger partial charge in [0.25, 0.3) is 11.8 Å². The minimum absolute atomic E-state index is 0.197. The van der Waals surface area contributed by atoms with Gasteiger partial charge in [0, 0.05) is 24.0 Å². The smallest absolute Gasteiger partial charge is 0.274 e. The molecule has 0 aliphatic heterocycles. The average molecular weight is 359 g/mol. The number of benzene rings is 2. The normalized spacial score (nSPS) is 10.3. The van der Waals surface area contributed by atoms with Crippen molar-refractivity contribution in [3.63, 3.8) is 0 Å². The maximum atomic E-state index is 12.5. The van der Waals surface area contributed by atoms with Gasteiger partial charge < -0.3 is 10.6 Å². The summed E-state index contributed by atoms with van der Waals surface area (Å²) in [6, 6.07) is 18.5. The molecular weight excluding hydrogens is 338 g/mol. The summed E-state index contributed by atoms with van der Waals surface area (Å²) >= 11 is 0. The lowest BCUT2D eigenvalue weighted by Gasteiger charge is -2.10. The van der Waals surface area contributed by atoms with Crippen molar-refractivity contribution in [1.82, 2.24) is 10.3 Å². The summed E-state index contributed by atoms with van der Waals surface area (Å²) in [5, 5.41) is 5.71. The number of nitrogens with zero attached hydrogens (tertiary/aromatic N) is 1. The molecule has 0 aliphatic rings. The van der Waals surface area contributed by atoms with Gasteiger partial charge in [-0.2, -0.15) is 0 Å². The van der Waals surface area contributed by atoms with E-state index in [9.17, 15) is 9.59 Å². The molecule has 2 amide bonds. The zero-order valence-corrected chi connectivity index (χ0v) is 15.3. The summed E-state index contributed by atoms with van der Waals surface area (Å²) in [5.41, 5.74) is 4.43. The molecular formula is C22H21N3O2. The topological polar surface area (TPSA) is 71.1 Å². The van der Waals surface area contributed by atoms with Gasteiger partial charge in [0.05, 0.1) is 0 Å². The standard InChI is InChI=1S/C22H21N3O2/c1-15-7-6-10-19(16(15)2)25-22(27)20-13-18(11-12-23-20)21(26)24-14-17-8-4-3-5-9-17/h3-13H,14H2,1-2H3,(H,24,26)(H,25,27). The average Bonchev–Trinajstić information content (AvgIpc) is 2.70. The second-order valence-corrected chi connectivity index (χ2v) is 6.30. The number of anilines is 1. The van der Waals surface area contributed by atoms with Crippen LogP contribution in [0.2, 0.25) is 0 Å². The van der Waals surface area contributed by atoms with Gasteiger partial charge in [0.2, 0.25) is 0 Å². The van der Waals surface area contributed by atoms with E-state index in [-0.39, 0.29) is 17.5 Å². The third-order valence-corrected chi connectivity index (χ3v) is 4.40. The summed E-state index contributed by atoms with van der Waals surface area (Å²) in [7, 11) is 0. The maximum Gasteiger partial charge on any atom is 0.274 e. The van der Waals surface area contributed by atoms with Gasteiger partial charge in [-0.1, -0.05) is 42.5 Å². The van der Waals surface area contributed by atoms with Crippen LogP contribution in [0.15, 0.2) is 66.9 Å². The minimum atomic E-state index is -0.346. The third-order valence-electron chi connectivity index (χ3n) is 4.40. The molecule has 0 atom stereocenters. The molecule has 2 N–H and O–H groups in total. The Bertz CT molecular complexity index is 968. The van der Waals surface area contributed by atoms with Gasteiger partial charge in [-0.05, 0) is 48.7 Å². The number of hydrogen-bond donors (Lipinski definition) is 2. The molecule has 136 valence electrons. The first-order valence-corrected chi connectivity index (χ1v) is 8.70. The number of hydrogen-bond acceptors (Lipinski definition) is 3. The van der Waals surface area contributed by atoms with E-state index in [2.05, 4.69) is 15.6 Å². The van der Waals surface area contributed by atoms with E-state index in [1.165, 1.54) is 12.3 Å². The van der Waals surface area contributed by atoms with E-state index in [4.69, 9.17) is 0 Å². The highest BCUT2D eigenvalue weighted by Crippen LogP contribution is 2.18. The van der Waals surface area contributed by atoms with Crippen molar-refractivity contribution >= 4 is 17.5 Å². The van der Waals surface area contributed by atoms with Crippen LogP contribution in [-0.4, -0.2) is 16.8 Å². The third kappa shape index (κ3) is 4.58. The number of nitrogens with one attached hydrogen (secondary N) is 2. The summed E-state index contributed by atoms with van der Waals surface area (Å²) < 4.78 is 0. The molecule has 1 aromatic heterocycles. The van der Waals surface area contributed by atoms with Gasteiger partial charge in [-0.25, -0.2) is 0 Å². The predicted molar refractivity (Wildman–Crippen MR) is 106 cm³/mol. The lowest BCUT2D eigenvalue weighted by atomic mass is 10.1. The van der Waals surface area contributed by atoms with Crippen LogP contribution in [0.3, 0.4) is 0 Å². The number of carbonyl (C=O) groups excluding carboxylic acids is 2. The van der Waals surface area contributed by atoms with Crippen LogP contribution >= 0.6 is 0 Å². The molecule has 3 rings (SSSR count). The van der Waals surface area contributed by atoms with Crippen LogP contribution in [0.5, 0.6) is 0 Å². The van der Waals surface area contributed by atoms with Crippen LogP contribution in [0.25, 0.3) is 0 Å². The van der Waals surface area contributed by atoms with Crippen molar-refractivity contribution in [2.45, 2.75) is 20.4 Å². The molecule has 0 aliphatic carbocycles. The quantitative estimate of drug-likeness (QED) is 0.726. The van der Waals surface area contributed by atoms with Crippen LogP contribution in [0.1, 0.15) is 37.5 Å². The number of rotatable bonds is 5. The highest BCUT2D eigenvalue weighted by Gasteiger charge is 2.13. The molecule has 3 aromatic rings. The Morgan fingerprint density at radius 1 is 0.926 bits per heavy atom. The second-order valence-electron chi connectivity index (χ2n) is 6.30. The molecule has 1 heterocycles. The molecule has 0 spiro atoms. The fourth-order valence-corrected chi connectivity index (χ4v) is 2.65. The molecule has 2 aromatic carbocycles. The van der Waals surface area contributed by atoms with Crippen molar-refractivity contribution in [1.29, 1.82) is 0 Å². The SMILES string of the molecule is Cc1cccc(NC(=O)c2cc(C(=O)NCc3ccccc3)ccn2)c1C. The van der Waals surface area contributed by atoms with Crippen LogP contribution < -0.4 is 10.6 Å². The van der Waals surface area contributed by atoms with Gasteiger partial charge in [-0.15, -0.1) is 0 Å². The highest BCUT2D eigenvalue weighted by atomic mass is 16.2. The number of carbonyl (C=O) groups is 2. The predicted octanol–water partition coefficient (Wildman–Crippen LogP) is 3.88. The fraction of sp³-hybridized carbons (Fsp3) is 0.136. The Kier molecular flexibility index (Phi) is 5.61. The Balaban J connectivity index is 1.70. The Morgan fingerprint density at radius 2 is 1.70 bits per heavy atom. The number of aryl methyl sites for hydroxylation is 1. The van der Waals surface area contributed by atoms with E-state index in [1.54, 1.807) is 6.07 Å². The van der Waals surface area contributed by atoms with E-state index in [0.717, 1.165) is 22.4 Å². The van der Waals surface area contributed by atoms with Crippen molar-refractivity contribution in [2.24, 2.45) is 0 Å². The first-order chi connectivity index (χ1) is 13.0. The van der Waals surface area contributed by atoms with Crippen molar-refractivity contribution in [3.05, 3.63) is 94.8 Å². The molecule has 5 nitrogen and oxygen atoms in total. The van der Waals surface area contributed by atoms with Gasteiger partial charge in [0.1, 0.15) is 5.69 Å². The molecule has 0 saturated carbocycles. The molecule has 5 heteroatoms. The molecule has 0 fully saturated rings. The summed E-state index contributed by atoms with van der Waals surface area (Å²) in [6.07, 6.45) is 1.47. The number of pyridine rings is 1. The highest BCUT2D eigenvalue weighted by molar-refractivity contribution is 6.05. The van der Waals surface area contributed by atoms with E-state index < -0.39 is 0 Å². The van der Waals surface area contributed by atoms with Gasteiger partial charge >= 0.3 is 0 Å². The van der Waals surface area contributed by atoms with E-state index in [1.807, 2.05) is 62.4 Å². The largest absolute Gasteiger partial charge is 0.348 e. The Labute approximate surface area is 158 Å². The van der Waals surface area contributed by atoms with Crippen LogP contribution in [0, 0.1) is 13.8 Å². The monoisotopic (exact) mass is 359 g/mol. The lowest BCUT2D eigenvalue weighted by molar-refractivity contribution is 0.0951. The first-order valence-electron chi connectivity index (χ1n) is 8.70.